The van der Waals surface area contributed by atoms with Crippen LogP contribution in [0.2, 0.25) is 0 Å². The highest BCUT2D eigenvalue weighted by atomic mass is 16.4. The monoisotopic (exact) mass is 257 g/mol. The average molecular weight is 257 g/mol. The molecule has 1 amide bonds. The highest BCUT2D eigenvalue weighted by Crippen LogP contribution is 2.23. The number of nitrogens with zero attached hydrogens (tertiary/aromatic N) is 2. The maximum atomic E-state index is 12.3. The van der Waals surface area contributed by atoms with Crippen LogP contribution in [-0.4, -0.2) is 46.1 Å². The van der Waals surface area contributed by atoms with Crippen LogP contribution in [0, 0.1) is 5.92 Å². The van der Waals surface area contributed by atoms with Gasteiger partial charge in [0, 0.05) is 12.6 Å². The van der Waals surface area contributed by atoms with Crippen LogP contribution in [0.1, 0.15) is 39.0 Å². The fourth-order valence-electron chi connectivity index (χ4n) is 2.44. The van der Waals surface area contributed by atoms with Gasteiger partial charge in [-0.1, -0.05) is 24.4 Å². The summed E-state index contributed by atoms with van der Waals surface area (Å²) in [5.41, 5.74) is 5.47. The average Bonchev–Trinajstić information content (AvgIpc) is 2.43. The molecule has 0 saturated heterocycles. The fourth-order valence-corrected chi connectivity index (χ4v) is 2.44. The molecule has 6 nitrogen and oxygen atoms in total. The molecule has 1 atom stereocenters. The molecule has 6 heteroatoms. The van der Waals surface area contributed by atoms with E-state index in [1.54, 1.807) is 11.8 Å². The summed E-state index contributed by atoms with van der Waals surface area (Å²) in [5, 5.41) is 20.6. The first-order chi connectivity index (χ1) is 8.61. The van der Waals surface area contributed by atoms with Crippen molar-refractivity contribution in [2.45, 2.75) is 45.1 Å². The molecular weight excluding hydrogens is 234 g/mol. The second-order valence-corrected chi connectivity index (χ2v) is 4.79. The molecule has 1 rings (SSSR count). The molecule has 104 valence electrons. The Labute approximate surface area is 107 Å². The summed E-state index contributed by atoms with van der Waals surface area (Å²) in [5.74, 6) is -0.909. The van der Waals surface area contributed by atoms with Gasteiger partial charge in [-0.3, -0.25) is 4.79 Å². The number of amides is 1. The molecule has 1 saturated carbocycles. The maximum Gasteiger partial charge on any atom is 0.233 e. The molecule has 0 aromatic carbocycles. The Kier molecular flexibility index (Phi) is 5.91. The van der Waals surface area contributed by atoms with Crippen LogP contribution >= 0.6 is 0 Å². The first kappa shape index (κ1) is 14.8. The van der Waals surface area contributed by atoms with Crippen LogP contribution in [0.4, 0.5) is 0 Å². The summed E-state index contributed by atoms with van der Waals surface area (Å²) in [6.45, 7) is 1.86. The van der Waals surface area contributed by atoms with E-state index in [2.05, 4.69) is 5.16 Å². The number of carbonyl (C=O) groups is 1. The number of hydrogen-bond acceptors (Lipinski definition) is 4. The summed E-state index contributed by atoms with van der Waals surface area (Å²) in [7, 11) is 0. The van der Waals surface area contributed by atoms with E-state index in [1.165, 1.54) is 6.42 Å². The van der Waals surface area contributed by atoms with Gasteiger partial charge in [0.2, 0.25) is 5.91 Å². The van der Waals surface area contributed by atoms with Crippen molar-refractivity contribution in [2.24, 2.45) is 16.8 Å². The summed E-state index contributed by atoms with van der Waals surface area (Å²) in [6.07, 6.45) is 5.35. The molecule has 1 unspecified atom stereocenters. The fraction of sp³-hybridized carbons (Fsp3) is 0.833. The van der Waals surface area contributed by atoms with Gasteiger partial charge in [0.25, 0.3) is 0 Å². The second-order valence-electron chi connectivity index (χ2n) is 4.79. The topological polar surface area (TPSA) is 99.2 Å². The second kappa shape index (κ2) is 7.20. The van der Waals surface area contributed by atoms with E-state index in [9.17, 15) is 4.79 Å². The molecule has 0 bridgehead atoms. The van der Waals surface area contributed by atoms with Gasteiger partial charge in [0.05, 0.1) is 12.5 Å². The SMILES string of the molecule is CC(C(=O)N(CCO)C1CCCCC1)C(N)=NO. The number of nitrogens with two attached hydrogens (primary N) is 1. The van der Waals surface area contributed by atoms with E-state index in [1.807, 2.05) is 0 Å². The van der Waals surface area contributed by atoms with Gasteiger partial charge in [0.1, 0.15) is 0 Å². The summed E-state index contributed by atoms with van der Waals surface area (Å²) in [6, 6.07) is 0.173. The van der Waals surface area contributed by atoms with Gasteiger partial charge in [-0.05, 0) is 19.8 Å². The van der Waals surface area contributed by atoms with Crippen LogP contribution in [-0.2, 0) is 4.79 Å². The van der Waals surface area contributed by atoms with Gasteiger partial charge in [-0.15, -0.1) is 0 Å². The molecular formula is C12H23N3O3. The third-order valence-corrected chi connectivity index (χ3v) is 3.57. The van der Waals surface area contributed by atoms with E-state index in [0.29, 0.717) is 6.54 Å². The minimum atomic E-state index is -0.650. The van der Waals surface area contributed by atoms with Crippen molar-refractivity contribution in [3.8, 4) is 0 Å². The minimum absolute atomic E-state index is 0.0644. The van der Waals surface area contributed by atoms with Crippen molar-refractivity contribution in [1.29, 1.82) is 0 Å². The molecule has 18 heavy (non-hydrogen) atoms. The molecule has 4 N–H and O–H groups in total. The predicted octanol–water partition coefficient (Wildman–Crippen LogP) is 0.522. The molecule has 0 aromatic heterocycles. The van der Waals surface area contributed by atoms with Crippen molar-refractivity contribution >= 4 is 11.7 Å². The zero-order valence-electron chi connectivity index (χ0n) is 10.9. The Morgan fingerprint density at radius 1 is 1.44 bits per heavy atom. The first-order valence-corrected chi connectivity index (χ1v) is 6.50. The molecule has 0 aromatic rings. The van der Waals surface area contributed by atoms with Crippen LogP contribution < -0.4 is 5.73 Å². The van der Waals surface area contributed by atoms with E-state index >= 15 is 0 Å². The Balaban J connectivity index is 2.73. The van der Waals surface area contributed by atoms with Gasteiger partial charge >= 0.3 is 0 Å². The maximum absolute atomic E-state index is 12.3. The van der Waals surface area contributed by atoms with Crippen molar-refractivity contribution in [1.82, 2.24) is 4.90 Å². The highest BCUT2D eigenvalue weighted by Gasteiger charge is 2.29. The van der Waals surface area contributed by atoms with Gasteiger partial charge < -0.3 is 20.9 Å². The zero-order chi connectivity index (χ0) is 13.5. The lowest BCUT2D eigenvalue weighted by Gasteiger charge is -2.35. The third-order valence-electron chi connectivity index (χ3n) is 3.57. The molecule has 0 radical (unpaired) electrons. The van der Waals surface area contributed by atoms with Crippen LogP contribution in [0.5, 0.6) is 0 Å². The highest BCUT2D eigenvalue weighted by molar-refractivity contribution is 6.01. The number of rotatable bonds is 5. The molecule has 0 heterocycles. The lowest BCUT2D eigenvalue weighted by Crippen LogP contribution is -2.48. The Hall–Kier alpha value is -1.30. The molecule has 1 aliphatic rings. The van der Waals surface area contributed by atoms with Crippen molar-refractivity contribution in [2.75, 3.05) is 13.2 Å². The number of oxime groups is 1. The lowest BCUT2D eigenvalue weighted by molar-refractivity contribution is -0.136. The predicted molar refractivity (Wildman–Crippen MR) is 68.2 cm³/mol. The van der Waals surface area contributed by atoms with Gasteiger partial charge in [0.15, 0.2) is 5.84 Å². The van der Waals surface area contributed by atoms with E-state index < -0.39 is 5.92 Å². The van der Waals surface area contributed by atoms with E-state index in [-0.39, 0.29) is 24.4 Å². The number of hydrogen-bond donors (Lipinski definition) is 3. The normalized spacial score (nSPS) is 19.6. The standard InChI is InChI=1S/C12H23N3O3/c1-9(11(13)14-18)12(17)15(7-8-16)10-5-3-2-4-6-10/h9-10,16,18H,2-8H2,1H3,(H2,13,14). The summed E-state index contributed by atoms with van der Waals surface area (Å²) >= 11 is 0. The largest absolute Gasteiger partial charge is 0.409 e. The Morgan fingerprint density at radius 3 is 2.56 bits per heavy atom. The number of amidine groups is 1. The molecule has 0 spiro atoms. The zero-order valence-corrected chi connectivity index (χ0v) is 10.9. The first-order valence-electron chi connectivity index (χ1n) is 6.50. The van der Waals surface area contributed by atoms with Crippen molar-refractivity contribution in [3.05, 3.63) is 0 Å². The molecule has 1 aliphatic carbocycles. The van der Waals surface area contributed by atoms with Crippen molar-refractivity contribution in [3.63, 3.8) is 0 Å². The Bertz CT molecular complexity index is 301. The van der Waals surface area contributed by atoms with Gasteiger partial charge in [-0.25, -0.2) is 0 Å². The van der Waals surface area contributed by atoms with Crippen molar-refractivity contribution < 1.29 is 15.1 Å². The number of carbonyl (C=O) groups excluding carboxylic acids is 1. The van der Waals surface area contributed by atoms with Crippen LogP contribution in [0.25, 0.3) is 0 Å². The Morgan fingerprint density at radius 2 is 2.06 bits per heavy atom. The number of aliphatic hydroxyl groups excluding tert-OH is 1. The smallest absolute Gasteiger partial charge is 0.233 e. The van der Waals surface area contributed by atoms with Crippen LogP contribution in [0.3, 0.4) is 0 Å². The third kappa shape index (κ3) is 3.60. The van der Waals surface area contributed by atoms with E-state index in [0.717, 1.165) is 25.7 Å². The van der Waals surface area contributed by atoms with E-state index in [4.69, 9.17) is 16.0 Å². The molecule has 0 aliphatic heterocycles. The summed E-state index contributed by atoms with van der Waals surface area (Å²) in [4.78, 5) is 14.0. The quantitative estimate of drug-likeness (QED) is 0.289. The minimum Gasteiger partial charge on any atom is -0.409 e. The number of aliphatic hydroxyl groups is 1. The lowest BCUT2D eigenvalue weighted by atomic mass is 9.93. The molecule has 1 fully saturated rings. The summed E-state index contributed by atoms with van der Waals surface area (Å²) < 4.78 is 0. The van der Waals surface area contributed by atoms with Crippen LogP contribution in [0.15, 0.2) is 5.16 Å². The van der Waals surface area contributed by atoms with Gasteiger partial charge in [-0.2, -0.15) is 0 Å².